The van der Waals surface area contributed by atoms with E-state index in [1.165, 1.54) is 6.08 Å². The number of amides is 1. The topological polar surface area (TPSA) is 75.6 Å². The highest BCUT2D eigenvalue weighted by atomic mass is 16.5. The van der Waals surface area contributed by atoms with Crippen molar-refractivity contribution in [1.82, 2.24) is 5.32 Å². The summed E-state index contributed by atoms with van der Waals surface area (Å²) < 4.78 is 4.64. The van der Waals surface area contributed by atoms with Gasteiger partial charge in [-0.2, -0.15) is 0 Å². The Morgan fingerprint density at radius 3 is 2.60 bits per heavy atom. The number of carboxylic acid groups (broad SMARTS) is 1. The van der Waals surface area contributed by atoms with Crippen LogP contribution in [0.4, 0.5) is 4.79 Å². The standard InChI is InChI=1S/C10H17NO4/c1-4-6-15-10(14)11-8(9(12)13)7(3)5-2/h4,7-8H,1,5-6H2,2-3H3,(H,11,14)(H,12,13). The lowest BCUT2D eigenvalue weighted by molar-refractivity contribution is -0.140. The van der Waals surface area contributed by atoms with Crippen molar-refractivity contribution in [2.75, 3.05) is 6.61 Å². The minimum absolute atomic E-state index is 0.0681. The van der Waals surface area contributed by atoms with Gasteiger partial charge in [0.1, 0.15) is 12.6 Å². The second-order valence-electron chi connectivity index (χ2n) is 3.23. The van der Waals surface area contributed by atoms with Crippen LogP contribution in [0.1, 0.15) is 20.3 Å². The predicted octanol–water partition coefficient (Wildman–Crippen LogP) is 1.40. The molecule has 15 heavy (non-hydrogen) atoms. The van der Waals surface area contributed by atoms with E-state index in [0.717, 1.165) is 0 Å². The Balaban J connectivity index is 4.22. The number of hydrogen-bond acceptors (Lipinski definition) is 3. The van der Waals surface area contributed by atoms with Gasteiger partial charge >= 0.3 is 12.1 Å². The summed E-state index contributed by atoms with van der Waals surface area (Å²) in [4.78, 5) is 21.9. The molecule has 5 nitrogen and oxygen atoms in total. The number of carboxylic acids is 1. The van der Waals surface area contributed by atoms with Gasteiger partial charge in [0.05, 0.1) is 0 Å². The van der Waals surface area contributed by atoms with Gasteiger partial charge in [0.15, 0.2) is 0 Å². The molecule has 0 aliphatic heterocycles. The first-order chi connectivity index (χ1) is 7.02. The normalized spacial score (nSPS) is 13.7. The lowest BCUT2D eigenvalue weighted by Gasteiger charge is -2.19. The van der Waals surface area contributed by atoms with Gasteiger partial charge in [0.2, 0.25) is 0 Å². The van der Waals surface area contributed by atoms with E-state index < -0.39 is 18.1 Å². The van der Waals surface area contributed by atoms with Crippen molar-refractivity contribution in [3.8, 4) is 0 Å². The monoisotopic (exact) mass is 215 g/mol. The first-order valence-electron chi connectivity index (χ1n) is 4.79. The molecule has 0 spiro atoms. The summed E-state index contributed by atoms with van der Waals surface area (Å²) in [6.45, 7) is 7.06. The van der Waals surface area contributed by atoms with Crippen LogP contribution in [0.2, 0.25) is 0 Å². The molecule has 2 unspecified atom stereocenters. The molecule has 0 rings (SSSR count). The maximum Gasteiger partial charge on any atom is 0.408 e. The second-order valence-corrected chi connectivity index (χ2v) is 3.23. The minimum Gasteiger partial charge on any atom is -0.480 e. The maximum absolute atomic E-state index is 11.1. The summed E-state index contributed by atoms with van der Waals surface area (Å²) in [6, 6.07) is -0.910. The number of rotatable bonds is 6. The SMILES string of the molecule is C=CCOC(=O)NC(C(=O)O)C(C)CC. The van der Waals surface area contributed by atoms with Crippen molar-refractivity contribution in [2.45, 2.75) is 26.3 Å². The van der Waals surface area contributed by atoms with E-state index in [9.17, 15) is 9.59 Å². The summed E-state index contributed by atoms with van der Waals surface area (Å²) in [7, 11) is 0. The average molecular weight is 215 g/mol. The third kappa shape index (κ3) is 5.05. The van der Waals surface area contributed by atoms with Gasteiger partial charge < -0.3 is 15.2 Å². The molecule has 2 N–H and O–H groups in total. The number of aliphatic carboxylic acids is 1. The van der Waals surface area contributed by atoms with E-state index in [1.807, 2.05) is 6.92 Å². The number of nitrogens with one attached hydrogen (secondary N) is 1. The van der Waals surface area contributed by atoms with Gasteiger partial charge in [0.25, 0.3) is 0 Å². The zero-order valence-electron chi connectivity index (χ0n) is 9.03. The summed E-state index contributed by atoms with van der Waals surface area (Å²) >= 11 is 0. The van der Waals surface area contributed by atoms with Crippen molar-refractivity contribution in [3.63, 3.8) is 0 Å². The molecule has 0 heterocycles. The highest BCUT2D eigenvalue weighted by Crippen LogP contribution is 2.07. The molecule has 0 aliphatic rings. The molecule has 0 bridgehead atoms. The highest BCUT2D eigenvalue weighted by molar-refractivity contribution is 5.80. The van der Waals surface area contributed by atoms with Gasteiger partial charge in [-0.15, -0.1) is 0 Å². The zero-order chi connectivity index (χ0) is 11.8. The van der Waals surface area contributed by atoms with Crippen molar-refractivity contribution in [1.29, 1.82) is 0 Å². The van der Waals surface area contributed by atoms with E-state index in [2.05, 4.69) is 16.6 Å². The van der Waals surface area contributed by atoms with E-state index in [4.69, 9.17) is 5.11 Å². The molecule has 1 amide bonds. The highest BCUT2D eigenvalue weighted by Gasteiger charge is 2.25. The molecule has 0 aromatic rings. The first kappa shape index (κ1) is 13.5. The maximum atomic E-state index is 11.1. The van der Waals surface area contributed by atoms with Gasteiger partial charge in [-0.25, -0.2) is 9.59 Å². The van der Waals surface area contributed by atoms with Crippen molar-refractivity contribution < 1.29 is 19.4 Å². The molecule has 0 aromatic heterocycles. The van der Waals surface area contributed by atoms with Crippen LogP contribution in [-0.4, -0.2) is 29.8 Å². The molecular formula is C10H17NO4. The summed E-state index contributed by atoms with van der Waals surface area (Å²) in [5.74, 6) is -1.20. The molecule has 0 aliphatic carbocycles. The van der Waals surface area contributed by atoms with Crippen LogP contribution in [0.3, 0.4) is 0 Å². The fourth-order valence-electron chi connectivity index (χ4n) is 0.986. The van der Waals surface area contributed by atoms with Crippen LogP contribution < -0.4 is 5.32 Å². The molecule has 0 radical (unpaired) electrons. The van der Waals surface area contributed by atoms with Crippen LogP contribution in [0.5, 0.6) is 0 Å². The van der Waals surface area contributed by atoms with Crippen LogP contribution in [-0.2, 0) is 9.53 Å². The molecule has 0 saturated heterocycles. The zero-order valence-corrected chi connectivity index (χ0v) is 9.03. The Kier molecular flexibility index (Phi) is 6.17. The summed E-state index contributed by atoms with van der Waals surface area (Å²) in [6.07, 6.45) is 1.35. The Hall–Kier alpha value is -1.52. The predicted molar refractivity (Wildman–Crippen MR) is 55.6 cm³/mol. The van der Waals surface area contributed by atoms with Crippen molar-refractivity contribution >= 4 is 12.1 Å². The smallest absolute Gasteiger partial charge is 0.408 e. The van der Waals surface area contributed by atoms with E-state index in [0.29, 0.717) is 6.42 Å². The van der Waals surface area contributed by atoms with Crippen molar-refractivity contribution in [2.24, 2.45) is 5.92 Å². The molecule has 0 aromatic carbocycles. The minimum atomic E-state index is -1.06. The molecule has 86 valence electrons. The molecule has 0 fully saturated rings. The third-order valence-corrected chi connectivity index (χ3v) is 2.08. The molecule has 0 saturated carbocycles. The lowest BCUT2D eigenvalue weighted by atomic mass is 10.00. The van der Waals surface area contributed by atoms with Crippen LogP contribution >= 0.6 is 0 Å². The number of carbonyl (C=O) groups is 2. The van der Waals surface area contributed by atoms with Gasteiger partial charge in [-0.05, 0) is 5.92 Å². The Morgan fingerprint density at radius 2 is 2.20 bits per heavy atom. The fraction of sp³-hybridized carbons (Fsp3) is 0.600. The fourth-order valence-corrected chi connectivity index (χ4v) is 0.986. The number of alkyl carbamates (subject to hydrolysis) is 1. The number of hydrogen-bond donors (Lipinski definition) is 2. The number of carbonyl (C=O) groups excluding carboxylic acids is 1. The van der Waals surface area contributed by atoms with Gasteiger partial charge in [-0.1, -0.05) is 32.9 Å². The van der Waals surface area contributed by atoms with E-state index in [-0.39, 0.29) is 12.5 Å². The summed E-state index contributed by atoms with van der Waals surface area (Å²) in [5, 5.41) is 11.2. The second kappa shape index (κ2) is 6.86. The molecule has 2 atom stereocenters. The van der Waals surface area contributed by atoms with Gasteiger partial charge in [-0.3, -0.25) is 0 Å². The quantitative estimate of drug-likeness (QED) is 0.656. The van der Waals surface area contributed by atoms with Crippen molar-refractivity contribution in [3.05, 3.63) is 12.7 Å². The van der Waals surface area contributed by atoms with Gasteiger partial charge in [0, 0.05) is 0 Å². The van der Waals surface area contributed by atoms with E-state index >= 15 is 0 Å². The molecule has 5 heteroatoms. The first-order valence-corrected chi connectivity index (χ1v) is 4.79. The Labute approximate surface area is 89.1 Å². The Morgan fingerprint density at radius 1 is 1.60 bits per heavy atom. The Bertz CT molecular complexity index is 240. The average Bonchev–Trinajstić information content (AvgIpc) is 2.21. The van der Waals surface area contributed by atoms with Crippen LogP contribution in [0.15, 0.2) is 12.7 Å². The van der Waals surface area contributed by atoms with E-state index in [1.54, 1.807) is 6.92 Å². The summed E-state index contributed by atoms with van der Waals surface area (Å²) in [5.41, 5.74) is 0. The lowest BCUT2D eigenvalue weighted by Crippen LogP contribution is -2.45. The molecular weight excluding hydrogens is 198 g/mol. The van der Waals surface area contributed by atoms with Crippen LogP contribution in [0.25, 0.3) is 0 Å². The number of ether oxygens (including phenoxy) is 1. The largest absolute Gasteiger partial charge is 0.480 e. The van der Waals surface area contributed by atoms with Crippen LogP contribution in [0, 0.1) is 5.92 Å². The third-order valence-electron chi connectivity index (χ3n) is 2.08.